The van der Waals surface area contributed by atoms with E-state index in [1.807, 2.05) is 24.1 Å². The van der Waals surface area contributed by atoms with Crippen LogP contribution in [0.4, 0.5) is 4.39 Å². The number of likely N-dealkylation sites (tertiary alicyclic amines) is 1. The van der Waals surface area contributed by atoms with Crippen LogP contribution in [-0.2, 0) is 11.3 Å². The maximum Gasteiger partial charge on any atom is 0.253 e. The molecule has 27 heavy (non-hydrogen) atoms. The van der Waals surface area contributed by atoms with Crippen LogP contribution in [0.5, 0.6) is 0 Å². The Morgan fingerprint density at radius 2 is 2.07 bits per heavy atom. The SMILES string of the molecule is CC(C)C(=O)NCc1csc([C@H]2CCCN(C(=O)c3ccc(F)cc3)C2)n1. The molecule has 0 aliphatic carbocycles. The van der Waals surface area contributed by atoms with Crippen molar-refractivity contribution in [2.24, 2.45) is 5.92 Å². The minimum Gasteiger partial charge on any atom is -0.350 e. The van der Waals surface area contributed by atoms with Gasteiger partial charge in [0.2, 0.25) is 5.91 Å². The summed E-state index contributed by atoms with van der Waals surface area (Å²) in [5.41, 5.74) is 1.36. The Labute approximate surface area is 162 Å². The van der Waals surface area contributed by atoms with E-state index in [1.165, 1.54) is 24.3 Å². The van der Waals surface area contributed by atoms with Crippen LogP contribution in [0.1, 0.15) is 53.7 Å². The zero-order chi connectivity index (χ0) is 19.4. The van der Waals surface area contributed by atoms with E-state index in [1.54, 1.807) is 11.3 Å². The number of halogens is 1. The molecule has 3 rings (SSSR count). The van der Waals surface area contributed by atoms with Gasteiger partial charge < -0.3 is 10.2 Å². The van der Waals surface area contributed by atoms with Crippen molar-refractivity contribution in [1.82, 2.24) is 15.2 Å². The molecule has 0 radical (unpaired) electrons. The van der Waals surface area contributed by atoms with Gasteiger partial charge in [-0.1, -0.05) is 13.8 Å². The van der Waals surface area contributed by atoms with Crippen LogP contribution in [-0.4, -0.2) is 34.8 Å². The van der Waals surface area contributed by atoms with Gasteiger partial charge in [-0.05, 0) is 37.1 Å². The summed E-state index contributed by atoms with van der Waals surface area (Å²) in [5, 5.41) is 5.85. The molecule has 0 bridgehead atoms. The largest absolute Gasteiger partial charge is 0.350 e. The van der Waals surface area contributed by atoms with Gasteiger partial charge in [0.15, 0.2) is 0 Å². The summed E-state index contributed by atoms with van der Waals surface area (Å²) in [7, 11) is 0. The quantitative estimate of drug-likeness (QED) is 0.850. The fourth-order valence-electron chi connectivity index (χ4n) is 3.11. The monoisotopic (exact) mass is 389 g/mol. The average molecular weight is 389 g/mol. The number of carbonyl (C=O) groups is 2. The second-order valence-corrected chi connectivity index (χ2v) is 8.04. The molecule has 1 fully saturated rings. The van der Waals surface area contributed by atoms with Crippen molar-refractivity contribution in [3.63, 3.8) is 0 Å². The van der Waals surface area contributed by atoms with E-state index >= 15 is 0 Å². The number of benzene rings is 1. The number of aromatic nitrogens is 1. The third-order valence-electron chi connectivity index (χ3n) is 4.69. The first kappa shape index (κ1) is 19.5. The molecule has 1 N–H and O–H groups in total. The van der Waals surface area contributed by atoms with Gasteiger partial charge in [0, 0.05) is 35.9 Å². The van der Waals surface area contributed by atoms with E-state index in [4.69, 9.17) is 0 Å². The van der Waals surface area contributed by atoms with Gasteiger partial charge in [-0.2, -0.15) is 0 Å². The number of piperidine rings is 1. The third kappa shape index (κ3) is 4.91. The first-order valence-corrected chi connectivity index (χ1v) is 10.1. The van der Waals surface area contributed by atoms with E-state index < -0.39 is 0 Å². The number of amides is 2. The second-order valence-electron chi connectivity index (χ2n) is 7.15. The van der Waals surface area contributed by atoms with E-state index in [0.717, 1.165) is 23.5 Å². The lowest BCUT2D eigenvalue weighted by Crippen LogP contribution is -2.39. The molecule has 2 heterocycles. The zero-order valence-electron chi connectivity index (χ0n) is 15.6. The Bertz CT molecular complexity index is 804. The number of nitrogens with one attached hydrogen (secondary N) is 1. The molecule has 0 unspecified atom stereocenters. The van der Waals surface area contributed by atoms with E-state index in [9.17, 15) is 14.0 Å². The Hall–Kier alpha value is -2.28. The summed E-state index contributed by atoms with van der Waals surface area (Å²) in [5.74, 6) is -0.253. The van der Waals surface area contributed by atoms with Crippen LogP contribution >= 0.6 is 11.3 Å². The number of carbonyl (C=O) groups excluding carboxylic acids is 2. The molecule has 1 saturated heterocycles. The lowest BCUT2D eigenvalue weighted by Gasteiger charge is -2.32. The highest BCUT2D eigenvalue weighted by Gasteiger charge is 2.27. The minimum atomic E-state index is -0.344. The van der Waals surface area contributed by atoms with Crippen molar-refractivity contribution in [2.45, 2.75) is 39.2 Å². The van der Waals surface area contributed by atoms with Gasteiger partial charge in [0.1, 0.15) is 5.82 Å². The molecule has 7 heteroatoms. The number of rotatable bonds is 5. The molecule has 5 nitrogen and oxygen atoms in total. The second kappa shape index (κ2) is 8.61. The minimum absolute atomic E-state index is 0.0123. The molecule has 2 amide bonds. The first-order chi connectivity index (χ1) is 12.9. The van der Waals surface area contributed by atoms with Gasteiger partial charge in [0.25, 0.3) is 5.91 Å². The Kier molecular flexibility index (Phi) is 6.21. The smallest absolute Gasteiger partial charge is 0.253 e. The van der Waals surface area contributed by atoms with Crippen molar-refractivity contribution in [1.29, 1.82) is 0 Å². The molecule has 1 aliphatic rings. The molecule has 0 saturated carbocycles. The van der Waals surface area contributed by atoms with Crippen molar-refractivity contribution in [3.05, 3.63) is 51.7 Å². The highest BCUT2D eigenvalue weighted by molar-refractivity contribution is 7.09. The molecule has 1 aromatic carbocycles. The van der Waals surface area contributed by atoms with Crippen LogP contribution in [0, 0.1) is 11.7 Å². The van der Waals surface area contributed by atoms with Crippen molar-refractivity contribution >= 4 is 23.2 Å². The Morgan fingerprint density at radius 3 is 2.78 bits per heavy atom. The molecule has 1 aromatic heterocycles. The zero-order valence-corrected chi connectivity index (χ0v) is 16.4. The molecule has 1 aliphatic heterocycles. The number of hydrogen-bond acceptors (Lipinski definition) is 4. The Morgan fingerprint density at radius 1 is 1.33 bits per heavy atom. The number of nitrogens with zero attached hydrogens (tertiary/aromatic N) is 2. The van der Waals surface area contributed by atoms with Gasteiger partial charge in [-0.25, -0.2) is 9.37 Å². The van der Waals surface area contributed by atoms with Crippen LogP contribution in [0.15, 0.2) is 29.6 Å². The predicted molar refractivity (Wildman–Crippen MR) is 103 cm³/mol. The molecular formula is C20H24FN3O2S. The Balaban J connectivity index is 1.62. The topological polar surface area (TPSA) is 62.3 Å². The third-order valence-corrected chi connectivity index (χ3v) is 5.74. The fraction of sp³-hybridized carbons (Fsp3) is 0.450. The maximum atomic E-state index is 13.1. The first-order valence-electron chi connectivity index (χ1n) is 9.21. The lowest BCUT2D eigenvalue weighted by molar-refractivity contribution is -0.124. The van der Waals surface area contributed by atoms with E-state index in [-0.39, 0.29) is 29.5 Å². The highest BCUT2D eigenvalue weighted by Crippen LogP contribution is 2.30. The van der Waals surface area contributed by atoms with Crippen LogP contribution in [0.2, 0.25) is 0 Å². The fourth-order valence-corrected chi connectivity index (χ4v) is 4.06. The van der Waals surface area contributed by atoms with Gasteiger partial charge in [-0.15, -0.1) is 11.3 Å². The van der Waals surface area contributed by atoms with Crippen molar-refractivity contribution in [2.75, 3.05) is 13.1 Å². The molecule has 144 valence electrons. The van der Waals surface area contributed by atoms with Crippen LogP contribution in [0.25, 0.3) is 0 Å². The normalized spacial score (nSPS) is 17.2. The predicted octanol–water partition coefficient (Wildman–Crippen LogP) is 3.57. The van der Waals surface area contributed by atoms with Crippen molar-refractivity contribution < 1.29 is 14.0 Å². The number of thiazole rings is 1. The van der Waals surface area contributed by atoms with E-state index in [0.29, 0.717) is 25.2 Å². The maximum absolute atomic E-state index is 13.1. The standard InChI is InChI=1S/C20H24FN3O2S/c1-13(2)18(25)22-10-17-12-27-19(23-17)15-4-3-9-24(11-15)20(26)14-5-7-16(21)8-6-14/h5-8,12-13,15H,3-4,9-11H2,1-2H3,(H,22,25)/t15-/m0/s1. The van der Waals surface area contributed by atoms with E-state index in [2.05, 4.69) is 10.3 Å². The summed E-state index contributed by atoms with van der Waals surface area (Å²) in [6.07, 6.45) is 1.90. The van der Waals surface area contributed by atoms with Crippen molar-refractivity contribution in [3.8, 4) is 0 Å². The van der Waals surface area contributed by atoms with Crippen LogP contribution in [0.3, 0.4) is 0 Å². The van der Waals surface area contributed by atoms with Gasteiger partial charge >= 0.3 is 0 Å². The summed E-state index contributed by atoms with van der Waals surface area (Å²) in [6, 6.07) is 5.68. The molecule has 0 spiro atoms. The highest BCUT2D eigenvalue weighted by atomic mass is 32.1. The lowest BCUT2D eigenvalue weighted by atomic mass is 9.98. The summed E-state index contributed by atoms with van der Waals surface area (Å²) >= 11 is 1.58. The average Bonchev–Trinajstić information content (AvgIpc) is 3.15. The molecular weight excluding hydrogens is 365 g/mol. The van der Waals surface area contributed by atoms with Gasteiger partial charge in [0.05, 0.1) is 17.2 Å². The summed E-state index contributed by atoms with van der Waals surface area (Å²) < 4.78 is 13.1. The summed E-state index contributed by atoms with van der Waals surface area (Å²) in [4.78, 5) is 30.9. The molecule has 1 atom stereocenters. The summed E-state index contributed by atoms with van der Waals surface area (Å²) in [6.45, 7) is 5.46. The number of hydrogen-bond donors (Lipinski definition) is 1. The van der Waals surface area contributed by atoms with Gasteiger partial charge in [-0.3, -0.25) is 9.59 Å². The van der Waals surface area contributed by atoms with Crippen LogP contribution < -0.4 is 5.32 Å². The molecule has 2 aromatic rings.